The van der Waals surface area contributed by atoms with Gasteiger partial charge in [-0.25, -0.2) is 8.42 Å². The fourth-order valence-electron chi connectivity index (χ4n) is 4.15. The zero-order valence-corrected chi connectivity index (χ0v) is 21.9. The number of benzene rings is 3. The number of rotatable bonds is 11. The van der Waals surface area contributed by atoms with E-state index < -0.39 is 22.0 Å². The van der Waals surface area contributed by atoms with Crippen LogP contribution in [0, 0.1) is 11.8 Å². The third-order valence-corrected chi connectivity index (χ3v) is 7.49. The van der Waals surface area contributed by atoms with E-state index >= 15 is 0 Å². The molecule has 4 rings (SSSR count). The van der Waals surface area contributed by atoms with Gasteiger partial charge in [0.1, 0.15) is 24.1 Å². The molecule has 0 aliphatic heterocycles. The Morgan fingerprint density at radius 1 is 1.05 bits per heavy atom. The van der Waals surface area contributed by atoms with Crippen molar-refractivity contribution in [2.24, 2.45) is 0 Å². The molecule has 8 nitrogen and oxygen atoms in total. The lowest BCUT2D eigenvalue weighted by Crippen LogP contribution is -2.42. The van der Waals surface area contributed by atoms with Crippen LogP contribution in [0.3, 0.4) is 0 Å². The third-order valence-electron chi connectivity index (χ3n) is 6.00. The maximum Gasteiger partial charge on any atom is 0.322 e. The van der Waals surface area contributed by atoms with E-state index in [-0.39, 0.29) is 17.9 Å². The summed E-state index contributed by atoms with van der Waals surface area (Å²) in [6, 6.07) is 19.7. The minimum absolute atomic E-state index is 0.0307. The molecule has 0 radical (unpaired) electrons. The predicted molar refractivity (Wildman–Crippen MR) is 145 cm³/mol. The van der Waals surface area contributed by atoms with E-state index in [0.29, 0.717) is 12.3 Å². The Bertz CT molecular complexity index is 1600. The molecular formula is C29H28N2O6S. The molecule has 1 aromatic heterocycles. The molecule has 0 fully saturated rings. The Morgan fingerprint density at radius 2 is 1.82 bits per heavy atom. The number of carbonyl (C=O) groups is 1. The molecule has 0 aliphatic rings. The second kappa shape index (κ2) is 11.9. The van der Waals surface area contributed by atoms with Crippen molar-refractivity contribution in [1.29, 1.82) is 0 Å². The zero-order valence-electron chi connectivity index (χ0n) is 21.0. The highest BCUT2D eigenvalue weighted by Crippen LogP contribution is 2.25. The van der Waals surface area contributed by atoms with Gasteiger partial charge in [-0.05, 0) is 60.5 Å². The molecular weight excluding hydrogens is 504 g/mol. The van der Waals surface area contributed by atoms with Gasteiger partial charge in [0.05, 0.1) is 12.0 Å². The quantitative estimate of drug-likeness (QED) is 0.282. The van der Waals surface area contributed by atoms with Crippen LogP contribution in [0.15, 0.2) is 83.9 Å². The van der Waals surface area contributed by atoms with Crippen molar-refractivity contribution in [1.82, 2.24) is 9.29 Å². The van der Waals surface area contributed by atoms with E-state index in [1.54, 1.807) is 14.0 Å². The molecule has 0 saturated carbocycles. The van der Waals surface area contributed by atoms with Gasteiger partial charge in [-0.3, -0.25) is 4.79 Å². The van der Waals surface area contributed by atoms with E-state index in [4.69, 9.17) is 9.47 Å². The summed E-state index contributed by atoms with van der Waals surface area (Å²) in [5.41, 5.74) is 2.65. The number of ether oxygens (including phenoxy) is 2. The number of carboxylic acid groups (broad SMARTS) is 1. The molecule has 38 heavy (non-hydrogen) atoms. The lowest BCUT2D eigenvalue weighted by atomic mass is 10.1. The van der Waals surface area contributed by atoms with Gasteiger partial charge in [0.15, 0.2) is 0 Å². The van der Waals surface area contributed by atoms with Crippen LogP contribution in [0.5, 0.6) is 11.5 Å². The van der Waals surface area contributed by atoms with Crippen LogP contribution in [0.25, 0.3) is 10.9 Å². The summed E-state index contributed by atoms with van der Waals surface area (Å²) in [6.07, 6.45) is 1.84. The first-order valence-corrected chi connectivity index (χ1v) is 13.4. The highest BCUT2D eigenvalue weighted by molar-refractivity contribution is 7.89. The van der Waals surface area contributed by atoms with Crippen LogP contribution in [0.4, 0.5) is 0 Å². The molecule has 0 spiro atoms. The van der Waals surface area contributed by atoms with Crippen LogP contribution in [0.2, 0.25) is 0 Å². The lowest BCUT2D eigenvalue weighted by Gasteiger charge is -2.15. The predicted octanol–water partition coefficient (Wildman–Crippen LogP) is 4.07. The van der Waals surface area contributed by atoms with Gasteiger partial charge >= 0.3 is 5.97 Å². The number of aromatic nitrogens is 1. The first-order chi connectivity index (χ1) is 18.3. The van der Waals surface area contributed by atoms with Crippen molar-refractivity contribution < 1.29 is 27.8 Å². The standard InChI is InChI=1S/C29H28N2O6S/c1-3-4-16-37-23-12-14-25(15-13-23)38(34,35)30-27(29(32)33)18-22-20-31(28-11-6-5-10-26(22)28)19-21-8-7-9-24(17-21)36-2/h5-15,17,20,27,30H,16,18-19H2,1-2H3,(H,32,33)/t27-/m1/s1. The van der Waals surface area contributed by atoms with E-state index in [2.05, 4.69) is 16.6 Å². The molecule has 1 atom stereocenters. The largest absolute Gasteiger partial charge is 0.497 e. The summed E-state index contributed by atoms with van der Waals surface area (Å²) < 4.78 is 41.2. The van der Waals surface area contributed by atoms with Crippen LogP contribution >= 0.6 is 0 Å². The van der Waals surface area contributed by atoms with Crippen LogP contribution in [0.1, 0.15) is 18.1 Å². The van der Waals surface area contributed by atoms with E-state index in [1.807, 2.05) is 59.3 Å². The number of methoxy groups -OCH3 is 1. The van der Waals surface area contributed by atoms with Gasteiger partial charge in [0.2, 0.25) is 10.0 Å². The second-order valence-electron chi connectivity index (χ2n) is 8.55. The van der Waals surface area contributed by atoms with Crippen molar-refractivity contribution in [3.63, 3.8) is 0 Å². The number of aliphatic carboxylic acids is 1. The van der Waals surface area contributed by atoms with E-state index in [1.165, 1.54) is 24.3 Å². The summed E-state index contributed by atoms with van der Waals surface area (Å²) in [4.78, 5) is 12.1. The van der Waals surface area contributed by atoms with Gasteiger partial charge < -0.3 is 19.1 Å². The van der Waals surface area contributed by atoms with Crippen molar-refractivity contribution in [2.45, 2.75) is 30.8 Å². The van der Waals surface area contributed by atoms with Crippen molar-refractivity contribution in [3.8, 4) is 23.3 Å². The van der Waals surface area contributed by atoms with Gasteiger partial charge in [-0.15, -0.1) is 5.92 Å². The Morgan fingerprint density at radius 3 is 2.53 bits per heavy atom. The number of hydrogen-bond donors (Lipinski definition) is 2. The molecule has 0 aliphatic carbocycles. The van der Waals surface area contributed by atoms with Crippen LogP contribution < -0.4 is 14.2 Å². The van der Waals surface area contributed by atoms with E-state index in [9.17, 15) is 18.3 Å². The monoisotopic (exact) mass is 532 g/mol. The number of carboxylic acids is 1. The molecule has 1 heterocycles. The molecule has 0 unspecified atom stereocenters. The lowest BCUT2D eigenvalue weighted by molar-refractivity contribution is -0.138. The maximum absolute atomic E-state index is 13.0. The Balaban J connectivity index is 1.57. The minimum atomic E-state index is -4.10. The summed E-state index contributed by atoms with van der Waals surface area (Å²) in [5.74, 6) is 5.41. The molecule has 9 heteroatoms. The van der Waals surface area contributed by atoms with Gasteiger partial charge in [0, 0.05) is 30.1 Å². The fourth-order valence-corrected chi connectivity index (χ4v) is 5.33. The first kappa shape index (κ1) is 26.8. The van der Waals surface area contributed by atoms with Crippen molar-refractivity contribution in [2.75, 3.05) is 13.7 Å². The highest BCUT2D eigenvalue weighted by atomic mass is 32.2. The SMILES string of the molecule is CC#CCOc1ccc(S(=O)(=O)N[C@H](Cc2cn(Cc3cccc(OC)c3)c3ccccc23)C(=O)O)cc1. The topological polar surface area (TPSA) is 107 Å². The van der Waals surface area contributed by atoms with Crippen molar-refractivity contribution in [3.05, 3.63) is 90.1 Å². The van der Waals surface area contributed by atoms with Crippen LogP contribution in [-0.2, 0) is 27.8 Å². The molecule has 4 aromatic rings. The van der Waals surface area contributed by atoms with Gasteiger partial charge in [-0.1, -0.05) is 36.3 Å². The number of nitrogens with one attached hydrogen (secondary N) is 1. The number of nitrogens with zero attached hydrogens (tertiary/aromatic N) is 1. The smallest absolute Gasteiger partial charge is 0.322 e. The normalized spacial score (nSPS) is 11.9. The van der Waals surface area contributed by atoms with Crippen LogP contribution in [-0.4, -0.2) is 43.8 Å². The Kier molecular flexibility index (Phi) is 8.36. The number of para-hydroxylation sites is 1. The molecule has 2 N–H and O–H groups in total. The molecule has 0 bridgehead atoms. The number of hydrogen-bond acceptors (Lipinski definition) is 5. The third kappa shape index (κ3) is 6.35. The maximum atomic E-state index is 13.0. The molecule has 0 amide bonds. The van der Waals surface area contributed by atoms with Crippen molar-refractivity contribution >= 4 is 26.9 Å². The number of fused-ring (bicyclic) bond motifs is 1. The molecule has 0 saturated heterocycles. The Labute approximate surface area is 221 Å². The zero-order chi connectivity index (χ0) is 27.1. The highest BCUT2D eigenvalue weighted by Gasteiger charge is 2.27. The minimum Gasteiger partial charge on any atom is -0.497 e. The first-order valence-electron chi connectivity index (χ1n) is 11.9. The Hall–Kier alpha value is -4.26. The number of sulfonamides is 1. The van der Waals surface area contributed by atoms with Gasteiger partial charge in [0.25, 0.3) is 0 Å². The second-order valence-corrected chi connectivity index (χ2v) is 10.3. The fraction of sp³-hybridized carbons (Fsp3) is 0.207. The van der Waals surface area contributed by atoms with Gasteiger partial charge in [-0.2, -0.15) is 4.72 Å². The summed E-state index contributed by atoms with van der Waals surface area (Å²) >= 11 is 0. The van der Waals surface area contributed by atoms with E-state index in [0.717, 1.165) is 27.8 Å². The average molecular weight is 533 g/mol. The summed E-state index contributed by atoms with van der Waals surface area (Å²) in [6.45, 7) is 2.43. The summed E-state index contributed by atoms with van der Waals surface area (Å²) in [7, 11) is -2.49. The molecule has 196 valence electrons. The molecule has 3 aromatic carbocycles. The summed E-state index contributed by atoms with van der Waals surface area (Å²) in [5, 5.41) is 10.8. The average Bonchev–Trinajstić information content (AvgIpc) is 3.25.